The number of likely N-dealkylation sites (N-methyl/N-ethyl adjacent to an activating group) is 1. The number of hydrogen-bond acceptors (Lipinski definition) is 5. The van der Waals surface area contributed by atoms with E-state index in [-0.39, 0.29) is 17.7 Å². The zero-order chi connectivity index (χ0) is 20.5. The van der Waals surface area contributed by atoms with Crippen LogP contribution in [-0.2, 0) is 19.2 Å². The minimum Gasteiger partial charge on any atom is -0.334 e. The molecule has 0 rings (SSSR count). The van der Waals surface area contributed by atoms with Gasteiger partial charge in [-0.15, -0.1) is 0 Å². The van der Waals surface area contributed by atoms with Crippen LogP contribution in [-0.4, -0.2) is 54.1 Å². The molecule has 2 amide bonds. The third-order valence-electron chi connectivity index (χ3n) is 4.38. The van der Waals surface area contributed by atoms with Crippen molar-refractivity contribution in [3.8, 4) is 0 Å². The van der Waals surface area contributed by atoms with E-state index in [1.807, 2.05) is 34.6 Å². The summed E-state index contributed by atoms with van der Waals surface area (Å²) in [5.41, 5.74) is -1.36. The van der Waals surface area contributed by atoms with Gasteiger partial charge in [0.1, 0.15) is 18.0 Å². The first kappa shape index (κ1) is 24.2. The van der Waals surface area contributed by atoms with Gasteiger partial charge in [0.25, 0.3) is 0 Å². The largest absolute Gasteiger partial charge is 0.334 e. The van der Waals surface area contributed by atoms with Crippen LogP contribution in [0.15, 0.2) is 0 Å². The van der Waals surface area contributed by atoms with Crippen LogP contribution in [0, 0.1) is 11.8 Å². The molecule has 0 aliphatic carbocycles. The molecular weight excluding hydrogens is 334 g/mol. The summed E-state index contributed by atoms with van der Waals surface area (Å²) in [6.45, 7) is 11.1. The Morgan fingerprint density at radius 2 is 1.69 bits per heavy atom. The van der Waals surface area contributed by atoms with Crippen LogP contribution in [0.25, 0.3) is 0 Å². The Morgan fingerprint density at radius 1 is 1.12 bits per heavy atom. The second-order valence-electron chi connectivity index (χ2n) is 7.66. The van der Waals surface area contributed by atoms with Crippen LogP contribution in [0.5, 0.6) is 0 Å². The van der Waals surface area contributed by atoms with Gasteiger partial charge in [-0.25, -0.2) is 0 Å². The molecule has 0 heterocycles. The maximum atomic E-state index is 12.7. The molecule has 7 nitrogen and oxygen atoms in total. The molecule has 0 aromatic heterocycles. The summed E-state index contributed by atoms with van der Waals surface area (Å²) in [6, 6.07) is -1.30. The van der Waals surface area contributed by atoms with Crippen LogP contribution in [0.3, 0.4) is 0 Å². The van der Waals surface area contributed by atoms with Gasteiger partial charge in [-0.05, 0) is 31.6 Å². The Kier molecular flexibility index (Phi) is 10.3. The van der Waals surface area contributed by atoms with Crippen molar-refractivity contribution in [3.05, 3.63) is 0 Å². The van der Waals surface area contributed by atoms with Gasteiger partial charge in [0.15, 0.2) is 6.29 Å². The normalized spacial score (nSPS) is 15.9. The molecule has 0 saturated carbocycles. The van der Waals surface area contributed by atoms with Crippen molar-refractivity contribution in [3.63, 3.8) is 0 Å². The molecule has 26 heavy (non-hydrogen) atoms. The Morgan fingerprint density at radius 3 is 2.08 bits per heavy atom. The van der Waals surface area contributed by atoms with Gasteiger partial charge in [0.2, 0.25) is 11.8 Å². The van der Waals surface area contributed by atoms with Crippen LogP contribution >= 0.6 is 0 Å². The average molecular weight is 370 g/mol. The van der Waals surface area contributed by atoms with Crippen molar-refractivity contribution in [1.82, 2.24) is 15.5 Å². The summed E-state index contributed by atoms with van der Waals surface area (Å²) in [5, 5.41) is 5.74. The van der Waals surface area contributed by atoms with Crippen molar-refractivity contribution in [2.45, 2.75) is 78.6 Å². The molecule has 0 bridgehead atoms. The second-order valence-corrected chi connectivity index (χ2v) is 7.66. The predicted molar refractivity (Wildman–Crippen MR) is 101 cm³/mol. The highest BCUT2D eigenvalue weighted by Crippen LogP contribution is 2.16. The summed E-state index contributed by atoms with van der Waals surface area (Å²) >= 11 is 0. The van der Waals surface area contributed by atoms with Gasteiger partial charge in [-0.3, -0.25) is 19.7 Å². The standard InChI is InChI=1S/C19H35N3O4/c1-8-9-17(25)22(7)15(6)18(26)21-19(12-24,10-13(2)3)20-16(11-23)14(4)5/h11-16,20H,8-10H2,1-7H3,(H,21,26). The van der Waals surface area contributed by atoms with E-state index in [2.05, 4.69) is 10.6 Å². The highest BCUT2D eigenvalue weighted by molar-refractivity contribution is 5.89. The number of nitrogens with one attached hydrogen (secondary N) is 2. The Hall–Kier alpha value is -1.76. The van der Waals surface area contributed by atoms with Crippen molar-refractivity contribution in [1.29, 1.82) is 0 Å². The van der Waals surface area contributed by atoms with Crippen molar-refractivity contribution >= 4 is 24.4 Å². The average Bonchev–Trinajstić information content (AvgIpc) is 2.57. The first-order chi connectivity index (χ1) is 12.0. The minimum absolute atomic E-state index is 0.0397. The second kappa shape index (κ2) is 11.1. The highest BCUT2D eigenvalue weighted by atomic mass is 16.2. The molecule has 3 unspecified atom stereocenters. The quantitative estimate of drug-likeness (QED) is 0.401. The monoisotopic (exact) mass is 369 g/mol. The summed E-state index contributed by atoms with van der Waals surface area (Å²) in [4.78, 5) is 49.4. The van der Waals surface area contributed by atoms with Crippen LogP contribution in [0.4, 0.5) is 0 Å². The number of hydrogen-bond donors (Lipinski definition) is 2. The third-order valence-corrected chi connectivity index (χ3v) is 4.38. The van der Waals surface area contributed by atoms with E-state index in [0.717, 1.165) is 6.29 Å². The number of aldehydes is 2. The molecule has 0 spiro atoms. The van der Waals surface area contributed by atoms with E-state index in [0.29, 0.717) is 25.5 Å². The summed E-state index contributed by atoms with van der Waals surface area (Å²) < 4.78 is 0. The fourth-order valence-electron chi connectivity index (χ4n) is 2.66. The number of carbonyl (C=O) groups is 4. The summed E-state index contributed by atoms with van der Waals surface area (Å²) in [7, 11) is 1.57. The van der Waals surface area contributed by atoms with Crippen LogP contribution in [0.2, 0.25) is 0 Å². The molecule has 0 aliphatic rings. The fraction of sp³-hybridized carbons (Fsp3) is 0.789. The number of rotatable bonds is 12. The van der Waals surface area contributed by atoms with Crippen LogP contribution in [0.1, 0.15) is 60.8 Å². The van der Waals surface area contributed by atoms with E-state index in [1.54, 1.807) is 14.0 Å². The molecule has 0 aliphatic heterocycles. The highest BCUT2D eigenvalue weighted by Gasteiger charge is 2.37. The van der Waals surface area contributed by atoms with E-state index in [1.165, 1.54) is 4.90 Å². The minimum atomic E-state index is -1.36. The van der Waals surface area contributed by atoms with E-state index < -0.39 is 23.7 Å². The van der Waals surface area contributed by atoms with Crippen LogP contribution < -0.4 is 10.6 Å². The lowest BCUT2D eigenvalue weighted by Crippen LogP contribution is -2.66. The molecule has 2 N–H and O–H groups in total. The number of carbonyl (C=O) groups excluding carboxylic acids is 4. The lowest BCUT2D eigenvalue weighted by molar-refractivity contribution is -0.140. The maximum absolute atomic E-state index is 12.7. The van der Waals surface area contributed by atoms with Gasteiger partial charge in [-0.2, -0.15) is 0 Å². The first-order valence-electron chi connectivity index (χ1n) is 9.30. The maximum Gasteiger partial charge on any atom is 0.244 e. The lowest BCUT2D eigenvalue weighted by Gasteiger charge is -2.37. The van der Waals surface area contributed by atoms with Crippen molar-refractivity contribution in [2.24, 2.45) is 11.8 Å². The summed E-state index contributed by atoms with van der Waals surface area (Å²) in [5.74, 6) is -0.508. The molecule has 3 atom stereocenters. The van der Waals surface area contributed by atoms with Gasteiger partial charge in [-0.1, -0.05) is 34.6 Å². The molecule has 0 fully saturated rings. The zero-order valence-corrected chi connectivity index (χ0v) is 17.2. The van der Waals surface area contributed by atoms with E-state index >= 15 is 0 Å². The molecular formula is C19H35N3O4. The van der Waals surface area contributed by atoms with E-state index in [9.17, 15) is 19.2 Å². The Balaban J connectivity index is 5.45. The van der Waals surface area contributed by atoms with Gasteiger partial charge in [0, 0.05) is 13.5 Å². The summed E-state index contributed by atoms with van der Waals surface area (Å²) in [6.07, 6.45) is 2.77. The fourth-order valence-corrected chi connectivity index (χ4v) is 2.66. The van der Waals surface area contributed by atoms with Gasteiger partial charge in [0.05, 0.1) is 6.04 Å². The molecule has 7 heteroatoms. The van der Waals surface area contributed by atoms with Crippen molar-refractivity contribution < 1.29 is 19.2 Å². The third kappa shape index (κ3) is 7.23. The van der Waals surface area contributed by atoms with E-state index in [4.69, 9.17) is 0 Å². The molecule has 150 valence electrons. The SMILES string of the molecule is CCCC(=O)N(C)C(C)C(=O)NC(C=O)(CC(C)C)NC(C=O)C(C)C. The topological polar surface area (TPSA) is 95.6 Å². The Labute approximate surface area is 157 Å². The Bertz CT molecular complexity index is 493. The number of nitrogens with zero attached hydrogens (tertiary/aromatic N) is 1. The van der Waals surface area contributed by atoms with Gasteiger partial charge >= 0.3 is 0 Å². The smallest absolute Gasteiger partial charge is 0.244 e. The number of amides is 2. The molecule has 0 saturated heterocycles. The molecule has 0 radical (unpaired) electrons. The lowest BCUT2D eigenvalue weighted by atomic mass is 9.94. The zero-order valence-electron chi connectivity index (χ0n) is 17.2. The predicted octanol–water partition coefficient (Wildman–Crippen LogP) is 1.50. The van der Waals surface area contributed by atoms with Gasteiger partial charge < -0.3 is 15.0 Å². The van der Waals surface area contributed by atoms with Crippen molar-refractivity contribution in [2.75, 3.05) is 7.05 Å². The first-order valence-corrected chi connectivity index (χ1v) is 9.30. The molecule has 0 aromatic rings. The molecule has 0 aromatic carbocycles.